The van der Waals surface area contributed by atoms with Crippen molar-refractivity contribution in [2.45, 2.75) is 50.0 Å². The number of halogens is 1. The van der Waals surface area contributed by atoms with Crippen molar-refractivity contribution < 1.29 is 17.5 Å². The zero-order chi connectivity index (χ0) is 15.3. The molecule has 21 heavy (non-hydrogen) atoms. The summed E-state index contributed by atoms with van der Waals surface area (Å²) in [4.78, 5) is 0.0955. The van der Waals surface area contributed by atoms with Gasteiger partial charge in [-0.1, -0.05) is 12.8 Å². The van der Waals surface area contributed by atoms with Crippen molar-refractivity contribution in [3.8, 4) is 0 Å². The Morgan fingerprint density at radius 2 is 2.05 bits per heavy atom. The molecule has 0 bridgehead atoms. The predicted molar refractivity (Wildman–Crippen MR) is 79.2 cm³/mol. The van der Waals surface area contributed by atoms with Crippen LogP contribution in [-0.2, 0) is 14.8 Å². The van der Waals surface area contributed by atoms with Crippen molar-refractivity contribution >= 4 is 10.0 Å². The summed E-state index contributed by atoms with van der Waals surface area (Å²) >= 11 is 0. The van der Waals surface area contributed by atoms with E-state index in [9.17, 15) is 12.8 Å². The van der Waals surface area contributed by atoms with E-state index in [0.717, 1.165) is 12.8 Å². The minimum absolute atomic E-state index is 0.0955. The molecule has 0 saturated heterocycles. The van der Waals surface area contributed by atoms with Crippen LogP contribution in [0.5, 0.6) is 0 Å². The van der Waals surface area contributed by atoms with Gasteiger partial charge in [-0.05, 0) is 49.9 Å². The third-order valence-electron chi connectivity index (χ3n) is 3.71. The number of nitrogens with one attached hydrogen (secondary N) is 1. The number of sulfonamides is 1. The van der Waals surface area contributed by atoms with Gasteiger partial charge in [0.05, 0.1) is 11.0 Å². The Balaban J connectivity index is 1.76. The van der Waals surface area contributed by atoms with E-state index in [-0.39, 0.29) is 4.90 Å². The molecule has 0 aromatic heterocycles. The Kier molecular flexibility index (Phi) is 5.72. The molecule has 0 atom stereocenters. The van der Waals surface area contributed by atoms with Gasteiger partial charge < -0.3 is 4.74 Å². The van der Waals surface area contributed by atoms with Gasteiger partial charge >= 0.3 is 0 Å². The Hall–Kier alpha value is -0.980. The van der Waals surface area contributed by atoms with Crippen molar-refractivity contribution in [3.63, 3.8) is 0 Å². The van der Waals surface area contributed by atoms with Crippen LogP contribution in [0, 0.1) is 12.7 Å². The molecular formula is C15H22FNO3S. The maximum Gasteiger partial charge on any atom is 0.240 e. The largest absolute Gasteiger partial charge is 0.378 e. The van der Waals surface area contributed by atoms with Gasteiger partial charge in [0.2, 0.25) is 10.0 Å². The lowest BCUT2D eigenvalue weighted by Gasteiger charge is -2.11. The van der Waals surface area contributed by atoms with Gasteiger partial charge in [0.15, 0.2) is 0 Å². The van der Waals surface area contributed by atoms with Gasteiger partial charge in [0, 0.05) is 13.2 Å². The van der Waals surface area contributed by atoms with E-state index >= 15 is 0 Å². The van der Waals surface area contributed by atoms with E-state index in [1.54, 1.807) is 6.92 Å². The number of aryl methyl sites for hydroxylation is 1. The van der Waals surface area contributed by atoms with Gasteiger partial charge in [-0.3, -0.25) is 0 Å². The van der Waals surface area contributed by atoms with Crippen LogP contribution in [0.25, 0.3) is 0 Å². The molecule has 1 aromatic carbocycles. The number of hydrogen-bond acceptors (Lipinski definition) is 3. The van der Waals surface area contributed by atoms with E-state index in [1.165, 1.54) is 31.0 Å². The summed E-state index contributed by atoms with van der Waals surface area (Å²) in [5.74, 6) is -0.404. The van der Waals surface area contributed by atoms with Crippen molar-refractivity contribution in [1.82, 2.24) is 4.72 Å². The fourth-order valence-electron chi connectivity index (χ4n) is 2.45. The second kappa shape index (κ2) is 7.33. The lowest BCUT2D eigenvalue weighted by atomic mass is 10.2. The van der Waals surface area contributed by atoms with Crippen LogP contribution < -0.4 is 4.72 Å². The van der Waals surface area contributed by atoms with Crippen LogP contribution in [0.2, 0.25) is 0 Å². The molecule has 1 aromatic rings. The molecule has 1 aliphatic carbocycles. The van der Waals surface area contributed by atoms with Crippen molar-refractivity contribution in [3.05, 3.63) is 29.6 Å². The van der Waals surface area contributed by atoms with Crippen molar-refractivity contribution in [2.24, 2.45) is 0 Å². The van der Waals surface area contributed by atoms with Crippen LogP contribution in [-0.4, -0.2) is 27.7 Å². The van der Waals surface area contributed by atoms with Gasteiger partial charge in [-0.25, -0.2) is 17.5 Å². The molecule has 118 valence electrons. The van der Waals surface area contributed by atoms with E-state index < -0.39 is 15.8 Å². The van der Waals surface area contributed by atoms with Gasteiger partial charge in [-0.2, -0.15) is 0 Å². The van der Waals surface area contributed by atoms with Crippen LogP contribution in [0.15, 0.2) is 23.1 Å². The van der Waals surface area contributed by atoms with E-state index in [0.29, 0.717) is 31.2 Å². The highest BCUT2D eigenvalue weighted by atomic mass is 32.2. The molecule has 1 fully saturated rings. The molecule has 0 amide bonds. The average molecular weight is 315 g/mol. The molecular weight excluding hydrogens is 293 g/mol. The monoisotopic (exact) mass is 315 g/mol. The zero-order valence-corrected chi connectivity index (χ0v) is 13.1. The molecule has 4 nitrogen and oxygen atoms in total. The third kappa shape index (κ3) is 4.76. The Labute approximate surface area is 125 Å². The van der Waals surface area contributed by atoms with Crippen molar-refractivity contribution in [2.75, 3.05) is 13.2 Å². The van der Waals surface area contributed by atoms with Crippen LogP contribution in [0.3, 0.4) is 0 Å². The SMILES string of the molecule is Cc1cc(S(=O)(=O)NCCCOC2CCCC2)ccc1F. The summed E-state index contributed by atoms with van der Waals surface area (Å²) < 4.78 is 45.4. The minimum Gasteiger partial charge on any atom is -0.378 e. The second-order valence-corrected chi connectivity index (χ2v) is 7.21. The average Bonchev–Trinajstić information content (AvgIpc) is 2.94. The quantitative estimate of drug-likeness (QED) is 0.787. The molecule has 0 unspecified atom stereocenters. The molecule has 0 heterocycles. The molecule has 1 N–H and O–H groups in total. The smallest absolute Gasteiger partial charge is 0.240 e. The second-order valence-electron chi connectivity index (χ2n) is 5.44. The summed E-state index contributed by atoms with van der Waals surface area (Å²) in [7, 11) is -3.57. The number of benzene rings is 1. The Bertz CT molecular complexity index is 568. The first-order valence-corrected chi connectivity index (χ1v) is 8.85. The lowest BCUT2D eigenvalue weighted by molar-refractivity contribution is 0.0575. The summed E-state index contributed by atoms with van der Waals surface area (Å²) in [6.45, 7) is 2.44. The molecule has 1 aliphatic rings. The highest BCUT2D eigenvalue weighted by molar-refractivity contribution is 7.89. The maximum atomic E-state index is 13.2. The number of hydrogen-bond donors (Lipinski definition) is 1. The molecule has 0 spiro atoms. The first kappa shape index (κ1) is 16.4. The van der Waals surface area contributed by atoms with Gasteiger partial charge in [0.1, 0.15) is 5.82 Å². The molecule has 0 radical (unpaired) electrons. The Morgan fingerprint density at radius 3 is 2.71 bits per heavy atom. The molecule has 6 heteroatoms. The topological polar surface area (TPSA) is 55.4 Å². The number of rotatable bonds is 7. The zero-order valence-electron chi connectivity index (χ0n) is 12.3. The van der Waals surface area contributed by atoms with Crippen LogP contribution in [0.4, 0.5) is 4.39 Å². The van der Waals surface area contributed by atoms with E-state index in [2.05, 4.69) is 4.72 Å². The van der Waals surface area contributed by atoms with E-state index in [1.807, 2.05) is 0 Å². The summed E-state index contributed by atoms with van der Waals surface area (Å²) in [6.07, 6.45) is 5.65. The third-order valence-corrected chi connectivity index (χ3v) is 5.17. The normalized spacial score (nSPS) is 16.5. The van der Waals surface area contributed by atoms with Crippen LogP contribution in [0.1, 0.15) is 37.7 Å². The van der Waals surface area contributed by atoms with Crippen LogP contribution >= 0.6 is 0 Å². The van der Waals surface area contributed by atoms with Gasteiger partial charge in [0.25, 0.3) is 0 Å². The summed E-state index contributed by atoms with van der Waals surface area (Å²) in [6, 6.07) is 3.79. The first-order chi connectivity index (χ1) is 9.99. The minimum atomic E-state index is -3.57. The first-order valence-electron chi connectivity index (χ1n) is 7.36. The van der Waals surface area contributed by atoms with Gasteiger partial charge in [-0.15, -0.1) is 0 Å². The highest BCUT2D eigenvalue weighted by Crippen LogP contribution is 2.20. The Morgan fingerprint density at radius 1 is 1.33 bits per heavy atom. The van der Waals surface area contributed by atoms with Crippen molar-refractivity contribution in [1.29, 1.82) is 0 Å². The fourth-order valence-corrected chi connectivity index (χ4v) is 3.61. The fraction of sp³-hybridized carbons (Fsp3) is 0.600. The van der Waals surface area contributed by atoms with E-state index in [4.69, 9.17) is 4.74 Å². The molecule has 1 saturated carbocycles. The summed E-state index contributed by atoms with van der Waals surface area (Å²) in [5.41, 5.74) is 0.322. The highest BCUT2D eigenvalue weighted by Gasteiger charge is 2.16. The maximum absolute atomic E-state index is 13.2. The summed E-state index contributed by atoms with van der Waals surface area (Å²) in [5, 5.41) is 0. The number of ether oxygens (including phenoxy) is 1. The lowest BCUT2D eigenvalue weighted by Crippen LogP contribution is -2.26. The molecule has 0 aliphatic heterocycles. The standard InChI is InChI=1S/C15H22FNO3S/c1-12-11-14(7-8-15(12)16)21(18,19)17-9-4-10-20-13-5-2-3-6-13/h7-8,11,13,17H,2-6,9-10H2,1H3. The molecule has 2 rings (SSSR count). The predicted octanol–water partition coefficient (Wildman–Crippen LogP) is 2.76.